The van der Waals surface area contributed by atoms with Gasteiger partial charge in [-0.15, -0.1) is 0 Å². The maximum atomic E-state index is 12.0. The molecule has 7 N–H and O–H groups in total. The number of esters is 2. The van der Waals surface area contributed by atoms with Crippen molar-refractivity contribution >= 4 is 22.8 Å². The zero-order chi connectivity index (χ0) is 17.5. The van der Waals surface area contributed by atoms with Gasteiger partial charge in [0.25, 0.3) is 0 Å². The van der Waals surface area contributed by atoms with E-state index in [0.29, 0.717) is 19.4 Å². The summed E-state index contributed by atoms with van der Waals surface area (Å²) in [5.41, 5.74) is 18.8. The number of carbonyl (C=O) groups excluding carboxylic acids is 2. The van der Waals surface area contributed by atoms with Crippen molar-refractivity contribution in [2.45, 2.75) is 37.8 Å². The van der Waals surface area contributed by atoms with E-state index in [1.54, 1.807) is 6.20 Å². The van der Waals surface area contributed by atoms with Gasteiger partial charge in [0.2, 0.25) is 0 Å². The van der Waals surface area contributed by atoms with Crippen LogP contribution < -0.4 is 17.2 Å². The molecule has 7 nitrogen and oxygen atoms in total. The van der Waals surface area contributed by atoms with Crippen LogP contribution in [0.25, 0.3) is 10.9 Å². The number of hydrogen-bond donors (Lipinski definition) is 4. The first-order valence-corrected chi connectivity index (χ1v) is 8.04. The van der Waals surface area contributed by atoms with E-state index in [9.17, 15) is 9.59 Å². The van der Waals surface area contributed by atoms with Crippen LogP contribution in [0.2, 0.25) is 0 Å². The van der Waals surface area contributed by atoms with E-state index in [1.807, 2.05) is 24.3 Å². The summed E-state index contributed by atoms with van der Waals surface area (Å²) in [5, 5.41) is 0.991. The van der Waals surface area contributed by atoms with Gasteiger partial charge in [-0.25, -0.2) is 9.59 Å². The van der Waals surface area contributed by atoms with E-state index in [4.69, 9.17) is 21.9 Å². The minimum absolute atomic E-state index is 0.276. The van der Waals surface area contributed by atoms with Crippen molar-refractivity contribution in [1.29, 1.82) is 0 Å². The predicted octanol–water partition coefficient (Wildman–Crippen LogP) is 0.564. The molecule has 24 heavy (non-hydrogen) atoms. The second kappa shape index (κ2) is 8.58. The zero-order valence-corrected chi connectivity index (χ0v) is 13.5. The van der Waals surface area contributed by atoms with Gasteiger partial charge in [-0.2, -0.15) is 0 Å². The van der Waals surface area contributed by atoms with Crippen LogP contribution in [0.15, 0.2) is 30.5 Å². The maximum absolute atomic E-state index is 12.0. The van der Waals surface area contributed by atoms with Crippen molar-refractivity contribution in [1.82, 2.24) is 4.98 Å². The highest BCUT2D eigenvalue weighted by molar-refractivity contribution is 5.91. The molecule has 0 fully saturated rings. The van der Waals surface area contributed by atoms with Crippen LogP contribution in [0.1, 0.15) is 24.8 Å². The van der Waals surface area contributed by atoms with Gasteiger partial charge >= 0.3 is 11.9 Å². The third kappa shape index (κ3) is 4.64. The second-order valence-electron chi connectivity index (χ2n) is 5.80. The monoisotopic (exact) mass is 332 g/mol. The molecule has 7 heteroatoms. The van der Waals surface area contributed by atoms with E-state index in [0.717, 1.165) is 22.9 Å². The molecule has 0 amide bonds. The molecule has 0 saturated carbocycles. The molecule has 0 saturated heterocycles. The Morgan fingerprint density at radius 2 is 1.79 bits per heavy atom. The molecule has 0 bridgehead atoms. The standard InChI is InChI=1S/C17H24N4O3/c18-8-4-3-6-13(19)16(22)24-17(23)14(20)9-11-10-21-15-7-2-1-5-12(11)15/h1-2,5,7,10,13-14,21H,3-4,6,8-9,18-20H2/t13-,14-/m0/s1. The normalized spacial score (nSPS) is 13.6. The number of ether oxygens (including phenoxy) is 1. The molecule has 0 aliphatic heterocycles. The van der Waals surface area contributed by atoms with Crippen LogP contribution in [0.4, 0.5) is 0 Å². The van der Waals surface area contributed by atoms with Crippen LogP contribution in [0.3, 0.4) is 0 Å². The number of unbranched alkanes of at least 4 members (excludes halogenated alkanes) is 1. The fraction of sp³-hybridized carbons (Fsp3) is 0.412. The van der Waals surface area contributed by atoms with Crippen molar-refractivity contribution < 1.29 is 14.3 Å². The number of benzene rings is 1. The van der Waals surface area contributed by atoms with Crippen LogP contribution in [0, 0.1) is 0 Å². The van der Waals surface area contributed by atoms with E-state index in [-0.39, 0.29) is 6.42 Å². The van der Waals surface area contributed by atoms with E-state index < -0.39 is 24.0 Å². The van der Waals surface area contributed by atoms with Gasteiger partial charge in [-0.1, -0.05) is 24.6 Å². The molecule has 1 aromatic carbocycles. The van der Waals surface area contributed by atoms with Crippen molar-refractivity contribution in [3.05, 3.63) is 36.0 Å². The second-order valence-corrected chi connectivity index (χ2v) is 5.80. The first-order valence-electron chi connectivity index (χ1n) is 8.04. The predicted molar refractivity (Wildman–Crippen MR) is 92.0 cm³/mol. The SMILES string of the molecule is NCCCC[C@H](N)C(=O)OC(=O)[C@@H](N)Cc1c[nH]c2ccccc12. The number of hydrogen-bond acceptors (Lipinski definition) is 6. The van der Waals surface area contributed by atoms with Gasteiger partial charge in [-0.05, 0) is 31.0 Å². The minimum atomic E-state index is -0.926. The van der Waals surface area contributed by atoms with Gasteiger partial charge in [-0.3, -0.25) is 0 Å². The summed E-state index contributed by atoms with van der Waals surface area (Å²) in [6.07, 6.45) is 4.00. The Hall–Kier alpha value is -2.22. The third-order valence-electron chi connectivity index (χ3n) is 3.89. The molecular formula is C17H24N4O3. The number of nitrogens with one attached hydrogen (secondary N) is 1. The molecule has 0 spiro atoms. The fourth-order valence-corrected chi connectivity index (χ4v) is 2.50. The molecule has 0 aliphatic rings. The summed E-state index contributed by atoms with van der Waals surface area (Å²) in [6, 6.07) is 5.95. The Kier molecular flexibility index (Phi) is 6.48. The largest absolute Gasteiger partial charge is 0.391 e. The third-order valence-corrected chi connectivity index (χ3v) is 3.89. The molecule has 130 valence electrons. The first-order chi connectivity index (χ1) is 11.5. The van der Waals surface area contributed by atoms with Gasteiger partial charge < -0.3 is 26.9 Å². The quantitative estimate of drug-likeness (QED) is 0.317. The lowest BCUT2D eigenvalue weighted by Gasteiger charge is -2.13. The van der Waals surface area contributed by atoms with Crippen LogP contribution in [-0.2, 0) is 20.7 Å². The number of nitrogens with two attached hydrogens (primary N) is 3. The van der Waals surface area contributed by atoms with Gasteiger partial charge in [0.1, 0.15) is 12.1 Å². The highest BCUT2D eigenvalue weighted by Gasteiger charge is 2.23. The highest BCUT2D eigenvalue weighted by atomic mass is 16.6. The van der Waals surface area contributed by atoms with Gasteiger partial charge in [0.05, 0.1) is 0 Å². The molecule has 2 atom stereocenters. The number of para-hydroxylation sites is 1. The highest BCUT2D eigenvalue weighted by Crippen LogP contribution is 2.19. The number of rotatable bonds is 8. The van der Waals surface area contributed by atoms with Gasteiger partial charge in [0.15, 0.2) is 0 Å². The minimum Gasteiger partial charge on any atom is -0.391 e. The van der Waals surface area contributed by atoms with Gasteiger partial charge in [0, 0.05) is 23.5 Å². The Bertz CT molecular complexity index is 698. The van der Waals surface area contributed by atoms with E-state index in [2.05, 4.69) is 4.98 Å². The van der Waals surface area contributed by atoms with Crippen molar-refractivity contribution in [2.24, 2.45) is 17.2 Å². The molecule has 0 aliphatic carbocycles. The molecular weight excluding hydrogens is 308 g/mol. The number of H-pyrrole nitrogens is 1. The van der Waals surface area contributed by atoms with Crippen molar-refractivity contribution in [2.75, 3.05) is 6.54 Å². The number of aromatic nitrogens is 1. The van der Waals surface area contributed by atoms with Crippen LogP contribution >= 0.6 is 0 Å². The molecule has 2 rings (SSSR count). The van der Waals surface area contributed by atoms with Crippen LogP contribution in [0.5, 0.6) is 0 Å². The summed E-state index contributed by atoms with van der Waals surface area (Å²) in [7, 11) is 0. The summed E-state index contributed by atoms with van der Waals surface area (Å²) >= 11 is 0. The number of carbonyl (C=O) groups is 2. The lowest BCUT2D eigenvalue weighted by Crippen LogP contribution is -2.40. The zero-order valence-electron chi connectivity index (χ0n) is 13.5. The topological polar surface area (TPSA) is 137 Å². The van der Waals surface area contributed by atoms with Crippen LogP contribution in [-0.4, -0.2) is 35.6 Å². The lowest BCUT2D eigenvalue weighted by atomic mass is 10.1. The molecule has 0 radical (unpaired) electrons. The summed E-state index contributed by atoms with van der Waals surface area (Å²) in [4.78, 5) is 26.9. The summed E-state index contributed by atoms with van der Waals surface area (Å²) < 4.78 is 4.80. The van der Waals surface area contributed by atoms with E-state index in [1.165, 1.54) is 0 Å². The average Bonchev–Trinajstić information content (AvgIpc) is 2.98. The maximum Gasteiger partial charge on any atom is 0.330 e. The average molecular weight is 332 g/mol. The fourth-order valence-electron chi connectivity index (χ4n) is 2.50. The van der Waals surface area contributed by atoms with Crippen molar-refractivity contribution in [3.8, 4) is 0 Å². The Labute approximate surface area is 140 Å². The lowest BCUT2D eigenvalue weighted by molar-refractivity contribution is -0.161. The van der Waals surface area contributed by atoms with E-state index >= 15 is 0 Å². The number of fused-ring (bicyclic) bond motifs is 1. The molecule has 2 aromatic rings. The first kappa shape index (κ1) is 18.1. The smallest absolute Gasteiger partial charge is 0.330 e. The Balaban J connectivity index is 1.89. The Morgan fingerprint density at radius 3 is 2.54 bits per heavy atom. The number of aromatic amines is 1. The summed E-state index contributed by atoms with van der Waals surface area (Å²) in [6.45, 7) is 0.538. The summed E-state index contributed by atoms with van der Waals surface area (Å²) in [5.74, 6) is -1.51. The molecule has 1 aromatic heterocycles. The molecule has 0 unspecified atom stereocenters. The Morgan fingerprint density at radius 1 is 1.08 bits per heavy atom. The van der Waals surface area contributed by atoms with Crippen molar-refractivity contribution in [3.63, 3.8) is 0 Å². The molecule has 1 heterocycles.